The highest BCUT2D eigenvalue weighted by atomic mass is 16.5. The third-order valence-corrected chi connectivity index (χ3v) is 6.48. The highest BCUT2D eigenvalue weighted by molar-refractivity contribution is 5.79. The van der Waals surface area contributed by atoms with Gasteiger partial charge in [0.05, 0.1) is 25.3 Å². The second-order valence-corrected chi connectivity index (χ2v) is 8.82. The van der Waals surface area contributed by atoms with Crippen molar-refractivity contribution in [2.45, 2.75) is 64.6 Å². The van der Waals surface area contributed by atoms with Crippen LogP contribution in [0.15, 0.2) is 29.1 Å². The molecule has 1 atom stereocenters. The Balaban J connectivity index is 1.58. The molecule has 1 fully saturated rings. The van der Waals surface area contributed by atoms with Crippen molar-refractivity contribution in [3.63, 3.8) is 0 Å². The van der Waals surface area contributed by atoms with E-state index in [4.69, 9.17) is 9.72 Å². The van der Waals surface area contributed by atoms with Crippen LogP contribution < -0.4 is 10.3 Å². The number of amides is 1. The lowest BCUT2D eigenvalue weighted by atomic mass is 9.99. The van der Waals surface area contributed by atoms with Gasteiger partial charge in [0.15, 0.2) is 0 Å². The Morgan fingerprint density at radius 3 is 2.90 bits per heavy atom. The lowest BCUT2D eigenvalue weighted by molar-refractivity contribution is -0.134. The molecule has 0 aliphatic carbocycles. The third-order valence-electron chi connectivity index (χ3n) is 6.48. The van der Waals surface area contributed by atoms with Gasteiger partial charge in [-0.15, -0.1) is 0 Å². The molecular weight excluding hydrogens is 392 g/mol. The number of methoxy groups -OCH3 is 1. The van der Waals surface area contributed by atoms with Crippen LogP contribution in [0, 0.1) is 0 Å². The normalized spacial score (nSPS) is 19.4. The van der Waals surface area contributed by atoms with E-state index in [-0.39, 0.29) is 17.5 Å². The molecule has 0 radical (unpaired) electrons. The second kappa shape index (κ2) is 9.22. The van der Waals surface area contributed by atoms with E-state index in [0.29, 0.717) is 31.4 Å². The molecule has 2 aromatic rings. The Kier molecular flexibility index (Phi) is 6.41. The zero-order chi connectivity index (χ0) is 22.0. The number of hydrogen-bond donors (Lipinski definition) is 1. The average Bonchev–Trinajstić information content (AvgIpc) is 2.78. The van der Waals surface area contributed by atoms with Crippen molar-refractivity contribution >= 4 is 5.91 Å². The van der Waals surface area contributed by atoms with Crippen LogP contribution in [0.1, 0.15) is 61.8 Å². The zero-order valence-corrected chi connectivity index (χ0v) is 18.7. The molecule has 7 heteroatoms. The number of likely N-dealkylation sites (tertiary alicyclic amines) is 1. The van der Waals surface area contributed by atoms with Gasteiger partial charge < -0.3 is 14.6 Å². The van der Waals surface area contributed by atoms with Gasteiger partial charge in [-0.05, 0) is 57.2 Å². The summed E-state index contributed by atoms with van der Waals surface area (Å²) in [5, 5.41) is 0. The van der Waals surface area contributed by atoms with E-state index < -0.39 is 0 Å². The number of carbonyl (C=O) groups is 1. The minimum absolute atomic E-state index is 0.0471. The van der Waals surface area contributed by atoms with E-state index in [1.807, 2.05) is 29.2 Å². The Bertz CT molecular complexity index is 1000. The van der Waals surface area contributed by atoms with Gasteiger partial charge in [0.1, 0.15) is 11.6 Å². The number of benzene rings is 1. The summed E-state index contributed by atoms with van der Waals surface area (Å²) >= 11 is 0. The maximum Gasteiger partial charge on any atom is 0.254 e. The lowest BCUT2D eigenvalue weighted by Crippen LogP contribution is -2.43. The molecule has 4 rings (SSSR count). The van der Waals surface area contributed by atoms with Crippen molar-refractivity contribution in [2.75, 3.05) is 20.2 Å². The van der Waals surface area contributed by atoms with Crippen LogP contribution in [-0.2, 0) is 24.2 Å². The molecule has 0 unspecified atom stereocenters. The number of nitrogens with one attached hydrogen (secondary N) is 1. The Labute approximate surface area is 183 Å². The molecule has 0 spiro atoms. The maximum absolute atomic E-state index is 13.2. The number of rotatable bonds is 5. The number of aromatic nitrogens is 2. The first-order chi connectivity index (χ1) is 15.0. The quantitative estimate of drug-likeness (QED) is 0.799. The summed E-state index contributed by atoms with van der Waals surface area (Å²) in [6.45, 7) is 6.59. The minimum atomic E-state index is -0.181. The van der Waals surface area contributed by atoms with Gasteiger partial charge in [-0.25, -0.2) is 4.98 Å². The standard InChI is InChI=1S/C24H32N4O3/c1-16(2)27-12-10-19-20(15-27)25-23(26-24(19)30)21-9-4-5-11-28(21)22(29)14-17-7-6-8-18(13-17)31-3/h6-8,13,16,21H,4-5,9-12,14-15H2,1-3H3,(H,25,26,30)/t21-/m0/s1. The zero-order valence-electron chi connectivity index (χ0n) is 18.7. The fraction of sp³-hybridized carbons (Fsp3) is 0.542. The third kappa shape index (κ3) is 4.66. The monoisotopic (exact) mass is 424 g/mol. The van der Waals surface area contributed by atoms with Gasteiger partial charge in [0.2, 0.25) is 5.91 Å². The smallest absolute Gasteiger partial charge is 0.254 e. The van der Waals surface area contributed by atoms with E-state index in [1.165, 1.54) is 0 Å². The number of nitrogens with zero attached hydrogens (tertiary/aromatic N) is 3. The Morgan fingerprint density at radius 1 is 1.29 bits per heavy atom. The molecular formula is C24H32N4O3. The summed E-state index contributed by atoms with van der Waals surface area (Å²) in [6, 6.07) is 7.85. The van der Waals surface area contributed by atoms with Gasteiger partial charge in [-0.2, -0.15) is 0 Å². The largest absolute Gasteiger partial charge is 0.497 e. The molecule has 1 N–H and O–H groups in total. The molecule has 1 saturated heterocycles. The summed E-state index contributed by atoms with van der Waals surface area (Å²) in [5.74, 6) is 1.44. The maximum atomic E-state index is 13.2. The summed E-state index contributed by atoms with van der Waals surface area (Å²) in [6.07, 6.45) is 3.84. The van der Waals surface area contributed by atoms with E-state index in [2.05, 4.69) is 23.7 Å². The van der Waals surface area contributed by atoms with Crippen molar-refractivity contribution < 1.29 is 9.53 Å². The first-order valence-corrected chi connectivity index (χ1v) is 11.2. The molecule has 2 aliphatic heterocycles. The van der Waals surface area contributed by atoms with E-state index in [9.17, 15) is 9.59 Å². The number of fused-ring (bicyclic) bond motifs is 1. The van der Waals surface area contributed by atoms with Gasteiger partial charge >= 0.3 is 0 Å². The van der Waals surface area contributed by atoms with Crippen LogP contribution >= 0.6 is 0 Å². The van der Waals surface area contributed by atoms with E-state index >= 15 is 0 Å². The first-order valence-electron chi connectivity index (χ1n) is 11.2. The topological polar surface area (TPSA) is 78.5 Å². The number of aromatic amines is 1. The second-order valence-electron chi connectivity index (χ2n) is 8.82. The van der Waals surface area contributed by atoms with Crippen LogP contribution in [0.3, 0.4) is 0 Å². The molecule has 2 aliphatic rings. The fourth-order valence-corrected chi connectivity index (χ4v) is 4.65. The van der Waals surface area contributed by atoms with Crippen LogP contribution in [0.5, 0.6) is 5.75 Å². The molecule has 3 heterocycles. The minimum Gasteiger partial charge on any atom is -0.497 e. The predicted molar refractivity (Wildman–Crippen MR) is 119 cm³/mol. The van der Waals surface area contributed by atoms with Gasteiger partial charge in [0.25, 0.3) is 5.56 Å². The molecule has 7 nitrogen and oxygen atoms in total. The van der Waals surface area contributed by atoms with Gasteiger partial charge in [-0.1, -0.05) is 12.1 Å². The highest BCUT2D eigenvalue weighted by Gasteiger charge is 2.31. The molecule has 0 saturated carbocycles. The molecule has 1 aromatic carbocycles. The van der Waals surface area contributed by atoms with Gasteiger partial charge in [0, 0.05) is 31.2 Å². The lowest BCUT2D eigenvalue weighted by Gasteiger charge is -2.36. The van der Waals surface area contributed by atoms with Crippen molar-refractivity contribution in [3.8, 4) is 5.75 Å². The van der Waals surface area contributed by atoms with E-state index in [0.717, 1.165) is 54.8 Å². The van der Waals surface area contributed by atoms with Crippen molar-refractivity contribution in [1.82, 2.24) is 19.8 Å². The molecule has 0 bridgehead atoms. The number of carbonyl (C=O) groups excluding carboxylic acids is 1. The molecule has 166 valence electrons. The van der Waals surface area contributed by atoms with Crippen LogP contribution in [-0.4, -0.2) is 51.9 Å². The summed E-state index contributed by atoms with van der Waals surface area (Å²) in [5.41, 5.74) is 2.54. The first kappa shape index (κ1) is 21.6. The van der Waals surface area contributed by atoms with Crippen LogP contribution in [0.4, 0.5) is 0 Å². The van der Waals surface area contributed by atoms with E-state index in [1.54, 1.807) is 7.11 Å². The predicted octanol–water partition coefficient (Wildman–Crippen LogP) is 2.84. The molecule has 31 heavy (non-hydrogen) atoms. The van der Waals surface area contributed by atoms with Crippen molar-refractivity contribution in [1.29, 1.82) is 0 Å². The summed E-state index contributed by atoms with van der Waals surface area (Å²) < 4.78 is 5.29. The number of hydrogen-bond acceptors (Lipinski definition) is 5. The summed E-state index contributed by atoms with van der Waals surface area (Å²) in [4.78, 5) is 38.2. The van der Waals surface area contributed by atoms with Crippen LogP contribution in [0.2, 0.25) is 0 Å². The fourth-order valence-electron chi connectivity index (χ4n) is 4.65. The Hall–Kier alpha value is -2.67. The van der Waals surface area contributed by atoms with Crippen molar-refractivity contribution in [2.24, 2.45) is 0 Å². The number of piperidine rings is 1. The van der Waals surface area contributed by atoms with Gasteiger partial charge in [-0.3, -0.25) is 14.5 Å². The Morgan fingerprint density at radius 2 is 2.13 bits per heavy atom. The molecule has 1 amide bonds. The summed E-state index contributed by atoms with van der Waals surface area (Å²) in [7, 11) is 1.63. The number of ether oxygens (including phenoxy) is 1. The average molecular weight is 425 g/mol. The number of H-pyrrole nitrogens is 1. The SMILES string of the molecule is COc1cccc(CC(=O)N2CCCC[C@H]2c2nc3c(c(=O)[nH]2)CCN(C(C)C)C3)c1. The molecule has 1 aromatic heterocycles. The van der Waals surface area contributed by atoms with Crippen molar-refractivity contribution in [3.05, 3.63) is 57.3 Å². The van der Waals surface area contributed by atoms with Crippen LogP contribution in [0.25, 0.3) is 0 Å². The highest BCUT2D eigenvalue weighted by Crippen LogP contribution is 2.30.